The number of carboxylic acids is 1. The van der Waals surface area contributed by atoms with Crippen LogP contribution in [-0.2, 0) is 19.1 Å². The van der Waals surface area contributed by atoms with Crippen LogP contribution in [0.3, 0.4) is 0 Å². The van der Waals surface area contributed by atoms with Crippen molar-refractivity contribution in [2.24, 2.45) is 5.92 Å². The quantitative estimate of drug-likeness (QED) is 0.695. The number of carbonyl (C=O) groups excluding carboxylic acids is 2. The maximum Gasteiger partial charge on any atom is 0.329 e. The Bertz CT molecular complexity index is 357. The number of aliphatic carboxylic acids is 1. The third-order valence-electron chi connectivity index (χ3n) is 2.30. The molecule has 1 atom stereocenters. The predicted octanol–water partition coefficient (Wildman–Crippen LogP) is 1.72. The standard InChI is InChI=1S/C14H25NO5/c1-9(2)8-10(13(19)20-14(3,4)5)15-11(16)6-7-12(17)18/h9-10H,6-8H2,1-5H3,(H,15,16)(H,17,18)/t10-/m0/s1. The normalized spacial score (nSPS) is 12.9. The van der Waals surface area contributed by atoms with E-state index in [9.17, 15) is 14.4 Å². The van der Waals surface area contributed by atoms with E-state index in [-0.39, 0.29) is 18.8 Å². The van der Waals surface area contributed by atoms with Crippen molar-refractivity contribution in [3.05, 3.63) is 0 Å². The van der Waals surface area contributed by atoms with E-state index in [0.717, 1.165) is 0 Å². The van der Waals surface area contributed by atoms with Crippen molar-refractivity contribution in [3.8, 4) is 0 Å². The van der Waals surface area contributed by atoms with E-state index in [0.29, 0.717) is 6.42 Å². The predicted molar refractivity (Wildman–Crippen MR) is 74.1 cm³/mol. The first kappa shape index (κ1) is 18.4. The molecule has 0 radical (unpaired) electrons. The molecule has 0 saturated carbocycles. The fraction of sp³-hybridized carbons (Fsp3) is 0.786. The molecule has 116 valence electrons. The van der Waals surface area contributed by atoms with Crippen molar-refractivity contribution in [2.75, 3.05) is 0 Å². The molecule has 0 fully saturated rings. The van der Waals surface area contributed by atoms with Gasteiger partial charge in [0.15, 0.2) is 0 Å². The van der Waals surface area contributed by atoms with Crippen molar-refractivity contribution in [2.45, 2.75) is 65.5 Å². The Balaban J connectivity index is 4.59. The first-order chi connectivity index (χ1) is 9.01. The van der Waals surface area contributed by atoms with E-state index >= 15 is 0 Å². The molecule has 0 aliphatic carbocycles. The van der Waals surface area contributed by atoms with E-state index < -0.39 is 29.5 Å². The minimum atomic E-state index is -1.04. The minimum absolute atomic E-state index is 0.146. The summed E-state index contributed by atoms with van der Waals surface area (Å²) in [6.07, 6.45) is 0.0506. The van der Waals surface area contributed by atoms with Crippen LogP contribution in [-0.4, -0.2) is 34.6 Å². The molecule has 0 aromatic heterocycles. The molecule has 0 bridgehead atoms. The average molecular weight is 287 g/mol. The summed E-state index contributed by atoms with van der Waals surface area (Å²) in [7, 11) is 0. The highest BCUT2D eigenvalue weighted by atomic mass is 16.6. The lowest BCUT2D eigenvalue weighted by Gasteiger charge is -2.25. The van der Waals surface area contributed by atoms with Gasteiger partial charge in [0.05, 0.1) is 6.42 Å². The van der Waals surface area contributed by atoms with Gasteiger partial charge in [-0.15, -0.1) is 0 Å². The Morgan fingerprint density at radius 3 is 2.10 bits per heavy atom. The lowest BCUT2D eigenvalue weighted by molar-refractivity contribution is -0.159. The van der Waals surface area contributed by atoms with Gasteiger partial charge in [-0.1, -0.05) is 13.8 Å². The van der Waals surface area contributed by atoms with Gasteiger partial charge in [0, 0.05) is 6.42 Å². The minimum Gasteiger partial charge on any atom is -0.481 e. The van der Waals surface area contributed by atoms with Gasteiger partial charge in [0.2, 0.25) is 5.91 Å². The molecule has 0 spiro atoms. The molecule has 20 heavy (non-hydrogen) atoms. The van der Waals surface area contributed by atoms with Gasteiger partial charge in [-0.2, -0.15) is 0 Å². The molecule has 0 aromatic rings. The highest BCUT2D eigenvalue weighted by molar-refractivity contribution is 5.86. The number of esters is 1. The fourth-order valence-corrected chi connectivity index (χ4v) is 1.55. The first-order valence-electron chi connectivity index (χ1n) is 6.75. The van der Waals surface area contributed by atoms with Gasteiger partial charge in [-0.25, -0.2) is 4.79 Å². The number of rotatable bonds is 7. The smallest absolute Gasteiger partial charge is 0.329 e. The number of carbonyl (C=O) groups is 3. The lowest BCUT2D eigenvalue weighted by atomic mass is 10.0. The summed E-state index contributed by atoms with van der Waals surface area (Å²) in [5, 5.41) is 11.1. The molecule has 0 unspecified atom stereocenters. The second-order valence-corrected chi connectivity index (χ2v) is 6.18. The molecule has 0 aliphatic rings. The molecular formula is C14H25NO5. The molecule has 0 rings (SSSR count). The van der Waals surface area contributed by atoms with E-state index in [1.165, 1.54) is 0 Å². The number of amides is 1. The van der Waals surface area contributed by atoms with E-state index in [4.69, 9.17) is 9.84 Å². The number of ether oxygens (including phenoxy) is 1. The van der Waals surface area contributed by atoms with Crippen LogP contribution in [0, 0.1) is 5.92 Å². The third kappa shape index (κ3) is 9.35. The summed E-state index contributed by atoms with van der Waals surface area (Å²) < 4.78 is 5.26. The lowest BCUT2D eigenvalue weighted by Crippen LogP contribution is -2.45. The number of hydrogen-bond acceptors (Lipinski definition) is 4. The molecule has 0 aliphatic heterocycles. The Morgan fingerprint density at radius 1 is 1.15 bits per heavy atom. The first-order valence-corrected chi connectivity index (χ1v) is 6.75. The number of hydrogen-bond donors (Lipinski definition) is 2. The fourth-order valence-electron chi connectivity index (χ4n) is 1.55. The zero-order chi connectivity index (χ0) is 15.9. The highest BCUT2D eigenvalue weighted by Gasteiger charge is 2.27. The van der Waals surface area contributed by atoms with E-state index in [1.54, 1.807) is 20.8 Å². The van der Waals surface area contributed by atoms with Crippen LogP contribution in [0.25, 0.3) is 0 Å². The molecule has 1 amide bonds. The van der Waals surface area contributed by atoms with Crippen molar-refractivity contribution in [1.82, 2.24) is 5.32 Å². The number of nitrogens with one attached hydrogen (secondary N) is 1. The average Bonchev–Trinajstić information content (AvgIpc) is 2.22. The van der Waals surface area contributed by atoms with Crippen molar-refractivity contribution < 1.29 is 24.2 Å². The summed E-state index contributed by atoms with van der Waals surface area (Å²) in [5.41, 5.74) is -0.627. The third-order valence-corrected chi connectivity index (χ3v) is 2.30. The summed E-state index contributed by atoms with van der Waals surface area (Å²) in [6, 6.07) is -0.740. The van der Waals surface area contributed by atoms with Gasteiger partial charge in [0.1, 0.15) is 11.6 Å². The van der Waals surface area contributed by atoms with Crippen molar-refractivity contribution in [1.29, 1.82) is 0 Å². The Hall–Kier alpha value is -1.59. The molecule has 0 aromatic carbocycles. The Morgan fingerprint density at radius 2 is 1.70 bits per heavy atom. The molecule has 0 heterocycles. The SMILES string of the molecule is CC(C)C[C@H](NC(=O)CCC(=O)O)C(=O)OC(C)(C)C. The molecule has 6 nitrogen and oxygen atoms in total. The molecule has 0 saturated heterocycles. The van der Waals surface area contributed by atoms with Crippen LogP contribution in [0.4, 0.5) is 0 Å². The van der Waals surface area contributed by atoms with Crippen LogP contribution in [0.1, 0.15) is 53.9 Å². The molecular weight excluding hydrogens is 262 g/mol. The largest absolute Gasteiger partial charge is 0.481 e. The molecule has 2 N–H and O–H groups in total. The maximum absolute atomic E-state index is 12.0. The van der Waals surface area contributed by atoms with Crippen molar-refractivity contribution in [3.63, 3.8) is 0 Å². The topological polar surface area (TPSA) is 92.7 Å². The Kier molecular flexibility index (Phi) is 7.24. The Labute approximate surface area is 119 Å². The van der Waals surface area contributed by atoms with Crippen LogP contribution < -0.4 is 5.32 Å². The van der Waals surface area contributed by atoms with Gasteiger partial charge in [-0.3, -0.25) is 9.59 Å². The maximum atomic E-state index is 12.0. The van der Waals surface area contributed by atoms with E-state index in [1.807, 2.05) is 13.8 Å². The molecule has 6 heteroatoms. The zero-order valence-corrected chi connectivity index (χ0v) is 12.9. The summed E-state index contributed by atoms with van der Waals surface area (Å²) in [6.45, 7) is 9.12. The summed E-state index contributed by atoms with van der Waals surface area (Å²) in [4.78, 5) is 34.1. The van der Waals surface area contributed by atoms with Gasteiger partial charge in [0.25, 0.3) is 0 Å². The van der Waals surface area contributed by atoms with Gasteiger partial charge < -0.3 is 15.2 Å². The highest BCUT2D eigenvalue weighted by Crippen LogP contribution is 2.13. The monoisotopic (exact) mass is 287 g/mol. The van der Waals surface area contributed by atoms with Crippen LogP contribution in [0.2, 0.25) is 0 Å². The summed E-state index contributed by atoms with van der Waals surface area (Å²) in [5.74, 6) is -1.79. The van der Waals surface area contributed by atoms with Crippen molar-refractivity contribution >= 4 is 17.8 Å². The van der Waals surface area contributed by atoms with E-state index in [2.05, 4.69) is 5.32 Å². The van der Waals surface area contributed by atoms with Crippen LogP contribution >= 0.6 is 0 Å². The van der Waals surface area contributed by atoms with Gasteiger partial charge in [-0.05, 0) is 33.1 Å². The second kappa shape index (κ2) is 7.87. The van der Waals surface area contributed by atoms with Crippen LogP contribution in [0.15, 0.2) is 0 Å². The zero-order valence-electron chi connectivity index (χ0n) is 12.9. The van der Waals surface area contributed by atoms with Crippen LogP contribution in [0.5, 0.6) is 0 Å². The number of carboxylic acid groups (broad SMARTS) is 1. The van der Waals surface area contributed by atoms with Gasteiger partial charge >= 0.3 is 11.9 Å². The second-order valence-electron chi connectivity index (χ2n) is 6.18. The summed E-state index contributed by atoms with van der Waals surface area (Å²) >= 11 is 0.